The van der Waals surface area contributed by atoms with Gasteiger partial charge in [-0.3, -0.25) is 9.20 Å². The van der Waals surface area contributed by atoms with Crippen LogP contribution in [0.5, 0.6) is 0 Å². The average Bonchev–Trinajstić information content (AvgIpc) is 3.09. The maximum atomic E-state index is 12.1. The van der Waals surface area contributed by atoms with E-state index >= 15 is 0 Å². The SMILES string of the molecule is Cc1csc2nc(CSc3nnc(C4CC4)o3)cc(=O)n12. The fourth-order valence-electron chi connectivity index (χ4n) is 2.08. The molecule has 1 aliphatic carbocycles. The zero-order chi connectivity index (χ0) is 14.4. The van der Waals surface area contributed by atoms with Gasteiger partial charge in [-0.25, -0.2) is 4.98 Å². The largest absolute Gasteiger partial charge is 0.416 e. The number of hydrogen-bond donors (Lipinski definition) is 0. The second kappa shape index (κ2) is 4.96. The Hall–Kier alpha value is -1.67. The van der Waals surface area contributed by atoms with Crippen molar-refractivity contribution in [2.75, 3.05) is 0 Å². The molecule has 21 heavy (non-hydrogen) atoms. The fourth-order valence-corrected chi connectivity index (χ4v) is 3.64. The highest BCUT2D eigenvalue weighted by molar-refractivity contribution is 7.98. The molecule has 0 N–H and O–H groups in total. The lowest BCUT2D eigenvalue weighted by Crippen LogP contribution is -2.14. The fraction of sp³-hybridized carbons (Fsp3) is 0.385. The molecule has 1 saturated carbocycles. The van der Waals surface area contributed by atoms with Crippen molar-refractivity contribution in [2.24, 2.45) is 0 Å². The Balaban J connectivity index is 1.54. The predicted octanol–water partition coefficient (Wildman–Crippen LogP) is 2.62. The third-order valence-electron chi connectivity index (χ3n) is 3.32. The molecule has 0 amide bonds. The van der Waals surface area contributed by atoms with Crippen LogP contribution in [0.3, 0.4) is 0 Å². The summed E-state index contributed by atoms with van der Waals surface area (Å²) in [5.74, 6) is 1.74. The van der Waals surface area contributed by atoms with Crippen molar-refractivity contribution in [1.29, 1.82) is 0 Å². The van der Waals surface area contributed by atoms with Crippen LogP contribution in [-0.2, 0) is 5.75 Å². The molecule has 0 spiro atoms. The summed E-state index contributed by atoms with van der Waals surface area (Å²) < 4.78 is 7.21. The second-order valence-electron chi connectivity index (χ2n) is 5.05. The van der Waals surface area contributed by atoms with Crippen LogP contribution >= 0.6 is 23.1 Å². The minimum absolute atomic E-state index is 0.0430. The summed E-state index contributed by atoms with van der Waals surface area (Å²) in [4.78, 5) is 17.3. The Morgan fingerprint density at radius 3 is 3.14 bits per heavy atom. The van der Waals surface area contributed by atoms with Gasteiger partial charge in [-0.15, -0.1) is 21.5 Å². The van der Waals surface area contributed by atoms with Crippen molar-refractivity contribution >= 4 is 28.1 Å². The van der Waals surface area contributed by atoms with Gasteiger partial charge in [0.2, 0.25) is 5.89 Å². The van der Waals surface area contributed by atoms with Gasteiger partial charge in [0.25, 0.3) is 10.8 Å². The smallest absolute Gasteiger partial charge is 0.276 e. The van der Waals surface area contributed by atoms with Crippen LogP contribution in [-0.4, -0.2) is 19.6 Å². The van der Waals surface area contributed by atoms with E-state index in [2.05, 4.69) is 15.2 Å². The standard InChI is InChI=1S/C13H12N4O2S2/c1-7-5-20-12-14-9(4-10(18)17(7)12)6-21-13-16-15-11(19-13)8-2-3-8/h4-5,8H,2-3,6H2,1H3. The number of nitrogens with zero attached hydrogens (tertiary/aromatic N) is 4. The zero-order valence-corrected chi connectivity index (χ0v) is 12.9. The van der Waals surface area contributed by atoms with Gasteiger partial charge in [-0.05, 0) is 19.8 Å². The molecule has 0 radical (unpaired) electrons. The Bertz CT molecular complexity index is 863. The van der Waals surface area contributed by atoms with Gasteiger partial charge in [0.05, 0.1) is 5.69 Å². The van der Waals surface area contributed by atoms with Crippen molar-refractivity contribution in [3.05, 3.63) is 39.1 Å². The van der Waals surface area contributed by atoms with Gasteiger partial charge in [-0.1, -0.05) is 11.8 Å². The third-order valence-corrected chi connectivity index (χ3v) is 5.12. The van der Waals surface area contributed by atoms with Gasteiger partial charge in [0, 0.05) is 28.8 Å². The number of aromatic nitrogens is 4. The molecule has 0 unspecified atom stereocenters. The molecule has 3 aromatic heterocycles. The van der Waals surface area contributed by atoms with Crippen LogP contribution < -0.4 is 5.56 Å². The van der Waals surface area contributed by atoms with E-state index in [9.17, 15) is 4.79 Å². The normalized spacial score (nSPS) is 14.9. The Morgan fingerprint density at radius 2 is 2.33 bits per heavy atom. The van der Waals surface area contributed by atoms with Gasteiger partial charge >= 0.3 is 0 Å². The van der Waals surface area contributed by atoms with E-state index in [1.54, 1.807) is 10.5 Å². The summed E-state index contributed by atoms with van der Waals surface area (Å²) in [6.07, 6.45) is 2.28. The molecule has 0 bridgehead atoms. The first-order chi connectivity index (χ1) is 10.2. The lowest BCUT2D eigenvalue weighted by molar-refractivity contribution is 0.414. The molecule has 0 aliphatic heterocycles. The first kappa shape index (κ1) is 13.0. The number of fused-ring (bicyclic) bond motifs is 1. The van der Waals surface area contributed by atoms with E-state index in [1.165, 1.54) is 23.1 Å². The lowest BCUT2D eigenvalue weighted by Gasteiger charge is -1.99. The third kappa shape index (κ3) is 2.49. The molecule has 4 rings (SSSR count). The zero-order valence-electron chi connectivity index (χ0n) is 11.3. The minimum atomic E-state index is -0.0430. The van der Waals surface area contributed by atoms with Gasteiger partial charge in [-0.2, -0.15) is 0 Å². The number of hydrogen-bond acceptors (Lipinski definition) is 7. The summed E-state index contributed by atoms with van der Waals surface area (Å²) in [7, 11) is 0. The first-order valence-corrected chi connectivity index (χ1v) is 8.50. The van der Waals surface area contributed by atoms with Crippen LogP contribution in [0.4, 0.5) is 0 Å². The summed E-state index contributed by atoms with van der Waals surface area (Å²) in [6, 6.07) is 1.57. The molecule has 1 fully saturated rings. The summed E-state index contributed by atoms with van der Waals surface area (Å²) in [5, 5.41) is 10.5. The molecule has 3 heterocycles. The molecular weight excluding hydrogens is 308 g/mol. The summed E-state index contributed by atoms with van der Waals surface area (Å²) >= 11 is 2.89. The van der Waals surface area contributed by atoms with Crippen LogP contribution in [0.25, 0.3) is 4.96 Å². The molecule has 8 heteroatoms. The number of rotatable bonds is 4. The predicted molar refractivity (Wildman–Crippen MR) is 79.9 cm³/mol. The van der Waals surface area contributed by atoms with E-state index in [0.29, 0.717) is 16.9 Å². The number of thioether (sulfide) groups is 1. The highest BCUT2D eigenvalue weighted by atomic mass is 32.2. The van der Waals surface area contributed by atoms with E-state index in [-0.39, 0.29) is 5.56 Å². The summed E-state index contributed by atoms with van der Waals surface area (Å²) in [5.41, 5.74) is 1.61. The quantitative estimate of drug-likeness (QED) is 0.688. The van der Waals surface area contributed by atoms with Crippen LogP contribution in [0.2, 0.25) is 0 Å². The van der Waals surface area contributed by atoms with E-state index < -0.39 is 0 Å². The number of aryl methyl sites for hydroxylation is 1. The van der Waals surface area contributed by atoms with Crippen molar-refractivity contribution in [3.8, 4) is 0 Å². The average molecular weight is 320 g/mol. The lowest BCUT2D eigenvalue weighted by atomic mass is 10.4. The topological polar surface area (TPSA) is 73.3 Å². The van der Waals surface area contributed by atoms with Gasteiger partial charge < -0.3 is 4.42 Å². The van der Waals surface area contributed by atoms with Gasteiger partial charge in [0.1, 0.15) is 0 Å². The monoisotopic (exact) mass is 320 g/mol. The maximum absolute atomic E-state index is 12.1. The highest BCUT2D eigenvalue weighted by Crippen LogP contribution is 2.40. The van der Waals surface area contributed by atoms with E-state index in [4.69, 9.17) is 4.42 Å². The molecule has 1 aliphatic rings. The van der Waals surface area contributed by atoms with Crippen LogP contribution in [0, 0.1) is 6.92 Å². The number of thiazole rings is 1. The molecule has 0 saturated heterocycles. The van der Waals surface area contributed by atoms with Crippen molar-refractivity contribution in [2.45, 2.75) is 36.7 Å². The molecule has 3 aromatic rings. The molecule has 6 nitrogen and oxygen atoms in total. The minimum Gasteiger partial charge on any atom is -0.416 e. The van der Waals surface area contributed by atoms with Crippen molar-refractivity contribution < 1.29 is 4.42 Å². The molecule has 0 aromatic carbocycles. The Kier molecular flexibility index (Phi) is 3.07. The highest BCUT2D eigenvalue weighted by Gasteiger charge is 2.29. The molecule has 108 valence electrons. The second-order valence-corrected chi connectivity index (χ2v) is 6.81. The van der Waals surface area contributed by atoms with Crippen molar-refractivity contribution in [1.82, 2.24) is 19.6 Å². The summed E-state index contributed by atoms with van der Waals surface area (Å²) in [6.45, 7) is 1.90. The van der Waals surface area contributed by atoms with Gasteiger partial charge in [0.15, 0.2) is 4.96 Å². The van der Waals surface area contributed by atoms with E-state index in [1.807, 2.05) is 12.3 Å². The van der Waals surface area contributed by atoms with Crippen molar-refractivity contribution in [3.63, 3.8) is 0 Å². The first-order valence-electron chi connectivity index (χ1n) is 6.63. The molecule has 0 atom stereocenters. The van der Waals surface area contributed by atoms with Crippen LogP contribution in [0.1, 0.15) is 36.0 Å². The molecular formula is C13H12N4O2S2. The van der Waals surface area contributed by atoms with Crippen LogP contribution in [0.15, 0.2) is 25.9 Å². The Labute approximate surface area is 128 Å². The Morgan fingerprint density at radius 1 is 1.48 bits per heavy atom. The maximum Gasteiger partial charge on any atom is 0.276 e. The van der Waals surface area contributed by atoms with E-state index in [0.717, 1.165) is 35.1 Å².